The van der Waals surface area contributed by atoms with Crippen LogP contribution in [0.3, 0.4) is 0 Å². The van der Waals surface area contributed by atoms with Crippen molar-refractivity contribution in [3.05, 3.63) is 64.7 Å². The number of carbonyl (C=O) groups excluding carboxylic acids is 1. The molecule has 2 heterocycles. The summed E-state index contributed by atoms with van der Waals surface area (Å²) < 4.78 is 25.7. The van der Waals surface area contributed by atoms with Gasteiger partial charge in [-0.3, -0.25) is 4.79 Å². The standard InChI is InChI=1S/C26H29FN2O3/c1-16(20-15-21-17(2)19(4)32-26(21)18(3)25(20)31-5)14-24(30)29-12-10-28(11-13-29)23-9-7-6-8-22(23)27/h6-9,14-15H,10-13H2,1-5H3/b16-14+. The summed E-state index contributed by atoms with van der Waals surface area (Å²) in [5.41, 5.74) is 5.16. The Labute approximate surface area is 188 Å². The fourth-order valence-electron chi connectivity index (χ4n) is 4.40. The summed E-state index contributed by atoms with van der Waals surface area (Å²) in [6, 6.07) is 8.81. The highest BCUT2D eigenvalue weighted by molar-refractivity contribution is 5.98. The zero-order chi connectivity index (χ0) is 23.0. The average Bonchev–Trinajstić information content (AvgIpc) is 3.08. The molecule has 2 aromatic carbocycles. The summed E-state index contributed by atoms with van der Waals surface area (Å²) in [5, 5.41) is 1.04. The maximum atomic E-state index is 14.1. The van der Waals surface area contributed by atoms with E-state index < -0.39 is 0 Å². The number of halogens is 1. The minimum absolute atomic E-state index is 0.0458. The molecule has 0 bridgehead atoms. The van der Waals surface area contributed by atoms with Gasteiger partial charge in [0.05, 0.1) is 12.8 Å². The third-order valence-electron chi connectivity index (χ3n) is 6.40. The van der Waals surface area contributed by atoms with E-state index in [-0.39, 0.29) is 11.7 Å². The molecular formula is C26H29FN2O3. The van der Waals surface area contributed by atoms with Gasteiger partial charge in [-0.05, 0) is 57.0 Å². The first kappa shape index (κ1) is 21.9. The van der Waals surface area contributed by atoms with Crippen LogP contribution in [0, 0.1) is 26.6 Å². The summed E-state index contributed by atoms with van der Waals surface area (Å²) in [5.74, 6) is 1.33. The van der Waals surface area contributed by atoms with Crippen LogP contribution < -0.4 is 9.64 Å². The second-order valence-corrected chi connectivity index (χ2v) is 8.33. The van der Waals surface area contributed by atoms with Crippen LogP contribution in [0.5, 0.6) is 5.75 Å². The number of benzene rings is 2. The van der Waals surface area contributed by atoms with Gasteiger partial charge in [-0.1, -0.05) is 12.1 Å². The summed E-state index contributed by atoms with van der Waals surface area (Å²) in [6.07, 6.45) is 1.67. The fraction of sp³-hybridized carbons (Fsp3) is 0.346. The molecule has 0 saturated carbocycles. The number of aryl methyl sites for hydroxylation is 3. The maximum Gasteiger partial charge on any atom is 0.246 e. The van der Waals surface area contributed by atoms with Crippen LogP contribution in [-0.2, 0) is 4.79 Å². The first-order valence-corrected chi connectivity index (χ1v) is 10.9. The van der Waals surface area contributed by atoms with Crippen molar-refractivity contribution in [3.8, 4) is 5.75 Å². The van der Waals surface area contributed by atoms with Gasteiger partial charge in [0.1, 0.15) is 22.9 Å². The predicted molar refractivity (Wildman–Crippen MR) is 126 cm³/mol. The van der Waals surface area contributed by atoms with Gasteiger partial charge in [0, 0.05) is 48.8 Å². The van der Waals surface area contributed by atoms with Crippen molar-refractivity contribution in [2.75, 3.05) is 38.2 Å². The van der Waals surface area contributed by atoms with Gasteiger partial charge >= 0.3 is 0 Å². The number of para-hydroxylation sites is 1. The number of carbonyl (C=O) groups is 1. The number of rotatable bonds is 4. The van der Waals surface area contributed by atoms with Crippen LogP contribution in [0.25, 0.3) is 16.5 Å². The Balaban J connectivity index is 1.56. The van der Waals surface area contributed by atoms with E-state index in [1.807, 2.05) is 49.6 Å². The lowest BCUT2D eigenvalue weighted by Crippen LogP contribution is -2.48. The SMILES string of the molecule is COc1c(/C(C)=C/C(=O)N2CCN(c3ccccc3F)CC2)cc2c(C)c(C)oc2c1C. The molecule has 6 heteroatoms. The number of hydrogen-bond acceptors (Lipinski definition) is 4. The van der Waals surface area contributed by atoms with Crippen molar-refractivity contribution in [2.24, 2.45) is 0 Å². The number of allylic oxidation sites excluding steroid dienone is 1. The molecule has 0 atom stereocenters. The van der Waals surface area contributed by atoms with Gasteiger partial charge in [0.2, 0.25) is 5.91 Å². The molecule has 0 radical (unpaired) electrons. The number of ether oxygens (including phenoxy) is 1. The van der Waals surface area contributed by atoms with Gasteiger partial charge in [-0.25, -0.2) is 4.39 Å². The van der Waals surface area contributed by atoms with E-state index in [2.05, 4.69) is 0 Å². The molecule has 1 aromatic heterocycles. The largest absolute Gasteiger partial charge is 0.496 e. The summed E-state index contributed by atoms with van der Waals surface area (Å²) in [7, 11) is 1.64. The van der Waals surface area contributed by atoms with Gasteiger partial charge < -0.3 is 19.0 Å². The Bertz CT molecular complexity index is 1200. The first-order valence-electron chi connectivity index (χ1n) is 10.9. The van der Waals surface area contributed by atoms with Crippen LogP contribution in [0.4, 0.5) is 10.1 Å². The van der Waals surface area contributed by atoms with E-state index >= 15 is 0 Å². The number of amides is 1. The smallest absolute Gasteiger partial charge is 0.246 e. The van der Waals surface area contributed by atoms with Crippen molar-refractivity contribution in [1.82, 2.24) is 4.90 Å². The minimum Gasteiger partial charge on any atom is -0.496 e. The molecule has 1 saturated heterocycles. The van der Waals surface area contributed by atoms with Crippen LogP contribution in [0.1, 0.15) is 29.4 Å². The summed E-state index contributed by atoms with van der Waals surface area (Å²) in [6.45, 7) is 10.2. The second-order valence-electron chi connectivity index (χ2n) is 8.33. The molecule has 1 amide bonds. The normalized spacial score (nSPS) is 14.9. The lowest BCUT2D eigenvalue weighted by Gasteiger charge is -2.35. The van der Waals surface area contributed by atoms with Gasteiger partial charge in [0.15, 0.2) is 0 Å². The molecule has 5 nitrogen and oxygen atoms in total. The van der Waals surface area contributed by atoms with E-state index in [9.17, 15) is 9.18 Å². The Morgan fingerprint density at radius 1 is 1.09 bits per heavy atom. The number of anilines is 1. The highest BCUT2D eigenvalue weighted by atomic mass is 19.1. The van der Waals surface area contributed by atoms with E-state index in [0.29, 0.717) is 31.9 Å². The zero-order valence-electron chi connectivity index (χ0n) is 19.3. The Morgan fingerprint density at radius 3 is 2.44 bits per heavy atom. The highest BCUT2D eigenvalue weighted by Gasteiger charge is 2.23. The van der Waals surface area contributed by atoms with Gasteiger partial charge in [0.25, 0.3) is 0 Å². The topological polar surface area (TPSA) is 45.9 Å². The van der Waals surface area contributed by atoms with Crippen molar-refractivity contribution >= 4 is 28.1 Å². The van der Waals surface area contributed by atoms with Crippen molar-refractivity contribution in [1.29, 1.82) is 0 Å². The van der Waals surface area contributed by atoms with Crippen LogP contribution in [0.15, 0.2) is 40.8 Å². The maximum absolute atomic E-state index is 14.1. The number of nitrogens with zero attached hydrogens (tertiary/aromatic N) is 2. The second kappa shape index (κ2) is 8.69. The van der Waals surface area contributed by atoms with E-state index in [1.165, 1.54) is 6.07 Å². The molecule has 4 rings (SSSR count). The molecule has 1 aliphatic rings. The molecule has 1 aliphatic heterocycles. The fourth-order valence-corrected chi connectivity index (χ4v) is 4.40. The molecular weight excluding hydrogens is 407 g/mol. The lowest BCUT2D eigenvalue weighted by atomic mass is 9.98. The molecule has 0 N–H and O–H groups in total. The predicted octanol–water partition coefficient (Wildman–Crippen LogP) is 5.26. The quantitative estimate of drug-likeness (QED) is 0.524. The zero-order valence-corrected chi connectivity index (χ0v) is 19.3. The van der Waals surface area contributed by atoms with Crippen LogP contribution in [0.2, 0.25) is 0 Å². The molecule has 0 spiro atoms. The molecule has 0 unspecified atom stereocenters. The summed E-state index contributed by atoms with van der Waals surface area (Å²) >= 11 is 0. The third kappa shape index (κ3) is 3.85. The molecule has 1 fully saturated rings. The van der Waals surface area contributed by atoms with E-state index in [1.54, 1.807) is 25.3 Å². The number of piperazine rings is 1. The van der Waals surface area contributed by atoms with Gasteiger partial charge in [-0.15, -0.1) is 0 Å². The number of methoxy groups -OCH3 is 1. The number of hydrogen-bond donors (Lipinski definition) is 0. The Hall–Kier alpha value is -3.28. The lowest BCUT2D eigenvalue weighted by molar-refractivity contribution is -0.126. The van der Waals surface area contributed by atoms with E-state index in [4.69, 9.17) is 9.15 Å². The molecule has 0 aliphatic carbocycles. The van der Waals surface area contributed by atoms with E-state index in [0.717, 1.165) is 44.7 Å². The highest BCUT2D eigenvalue weighted by Crippen LogP contribution is 2.38. The summed E-state index contributed by atoms with van der Waals surface area (Å²) in [4.78, 5) is 16.8. The average molecular weight is 437 g/mol. The third-order valence-corrected chi connectivity index (χ3v) is 6.40. The molecule has 3 aromatic rings. The Morgan fingerprint density at radius 2 is 1.78 bits per heavy atom. The van der Waals surface area contributed by atoms with Gasteiger partial charge in [-0.2, -0.15) is 0 Å². The monoisotopic (exact) mass is 436 g/mol. The molecule has 168 valence electrons. The first-order chi connectivity index (χ1) is 15.3. The van der Waals surface area contributed by atoms with Crippen molar-refractivity contribution in [2.45, 2.75) is 27.7 Å². The number of furan rings is 1. The van der Waals surface area contributed by atoms with Crippen molar-refractivity contribution in [3.63, 3.8) is 0 Å². The van der Waals surface area contributed by atoms with Crippen molar-refractivity contribution < 1.29 is 18.3 Å². The minimum atomic E-state index is -0.231. The van der Waals surface area contributed by atoms with Crippen LogP contribution in [-0.4, -0.2) is 44.1 Å². The van der Waals surface area contributed by atoms with Crippen LogP contribution >= 0.6 is 0 Å². The molecule has 32 heavy (non-hydrogen) atoms. The Kier molecular flexibility index (Phi) is 5.96. The number of fused-ring (bicyclic) bond motifs is 1.